The molecule has 0 amide bonds. The fourth-order valence-corrected chi connectivity index (χ4v) is 3.63. The molecule has 0 bridgehead atoms. The molecule has 0 heterocycles. The Kier molecular flexibility index (Phi) is 8.75. The van der Waals surface area contributed by atoms with E-state index in [4.69, 9.17) is 5.73 Å². The highest BCUT2D eigenvalue weighted by Crippen LogP contribution is 2.23. The van der Waals surface area contributed by atoms with E-state index in [9.17, 15) is 9.59 Å². The summed E-state index contributed by atoms with van der Waals surface area (Å²) in [6.45, 7) is 3.03. The number of nitrogens with one attached hydrogen (secondary N) is 1. The third-order valence-electron chi connectivity index (χ3n) is 1.78. The summed E-state index contributed by atoms with van der Waals surface area (Å²) < 4.78 is 0. The minimum atomic E-state index is -0.401. The predicted molar refractivity (Wildman–Crippen MR) is 70.9 cm³/mol. The summed E-state index contributed by atoms with van der Waals surface area (Å²) in [5.41, 5.74) is 5.56. The van der Waals surface area contributed by atoms with E-state index in [1.54, 1.807) is 17.7 Å². The maximum atomic E-state index is 11.0. The lowest BCUT2D eigenvalue weighted by molar-refractivity contribution is -0.118. The van der Waals surface area contributed by atoms with Crippen LogP contribution in [0, 0.1) is 0 Å². The molecule has 0 saturated heterocycles. The molecular formula is C8H17N2O2PS2. The van der Waals surface area contributed by atoms with Crippen molar-refractivity contribution in [3.8, 4) is 0 Å². The Hall–Kier alpha value is 0.390. The summed E-state index contributed by atoms with van der Waals surface area (Å²) in [6, 6.07) is -0.553. The van der Waals surface area contributed by atoms with E-state index in [1.807, 2.05) is 0 Å². The van der Waals surface area contributed by atoms with Gasteiger partial charge in [0.15, 0.2) is 0 Å². The van der Waals surface area contributed by atoms with Crippen LogP contribution in [0.4, 0.5) is 0 Å². The highest BCUT2D eigenvalue weighted by molar-refractivity contribution is 8.76. The van der Waals surface area contributed by atoms with Crippen molar-refractivity contribution < 1.29 is 9.59 Å². The molecule has 3 N–H and O–H groups in total. The molecule has 0 aromatic carbocycles. The number of hydrogen-bond acceptors (Lipinski definition) is 6. The fraction of sp³-hybridized carbons (Fsp3) is 0.750. The van der Waals surface area contributed by atoms with Gasteiger partial charge >= 0.3 is 0 Å². The number of rotatable bonds is 8. The van der Waals surface area contributed by atoms with Crippen molar-refractivity contribution in [1.82, 2.24) is 5.09 Å². The molecule has 0 aromatic rings. The molecule has 0 aliphatic heterocycles. The van der Waals surface area contributed by atoms with Crippen LogP contribution in [-0.2, 0) is 9.59 Å². The van der Waals surface area contributed by atoms with Crippen LogP contribution in [0.15, 0.2) is 0 Å². The Labute approximate surface area is 101 Å². The second-order valence-electron chi connectivity index (χ2n) is 3.12. The topological polar surface area (TPSA) is 72.2 Å². The molecule has 0 saturated carbocycles. The van der Waals surface area contributed by atoms with Crippen molar-refractivity contribution in [3.63, 3.8) is 0 Å². The van der Waals surface area contributed by atoms with Crippen LogP contribution in [0.25, 0.3) is 0 Å². The maximum Gasteiger partial charge on any atom is 0.147 e. The minimum Gasteiger partial charge on any atom is -0.321 e. The van der Waals surface area contributed by atoms with Gasteiger partial charge in [-0.25, -0.2) is 0 Å². The summed E-state index contributed by atoms with van der Waals surface area (Å²) in [5.74, 6) is 1.36. The molecule has 88 valence electrons. The van der Waals surface area contributed by atoms with E-state index in [0.29, 0.717) is 11.5 Å². The molecule has 3 atom stereocenters. The minimum absolute atomic E-state index is 0.00427. The second-order valence-corrected chi connectivity index (χ2v) is 6.00. The first-order chi connectivity index (χ1) is 6.99. The van der Waals surface area contributed by atoms with Crippen molar-refractivity contribution >= 4 is 42.5 Å². The van der Waals surface area contributed by atoms with Gasteiger partial charge in [-0.2, -0.15) is 0 Å². The summed E-state index contributed by atoms with van der Waals surface area (Å²) in [6.07, 6.45) is 0. The SMILES string of the molecule is CC(=O)[C@H](CSSC[C@H](N)C(C)=O)NP. The second kappa shape index (κ2) is 8.53. The number of Topliss-reactive ketones (excluding diaryl/α,β-unsaturated/α-hetero) is 2. The standard InChI is InChI=1S/C8H17N2O2PS2/c1-5(11)7(9)3-14-15-4-8(10-13)6(2)12/h7-8,10H,3-4,9,13H2,1-2H3/t7-,8-/m0/s1. The van der Waals surface area contributed by atoms with Gasteiger partial charge in [-0.3, -0.25) is 14.7 Å². The first kappa shape index (κ1) is 15.4. The number of ketones is 2. The first-order valence-corrected chi connectivity index (χ1v) is 7.52. The monoisotopic (exact) mass is 268 g/mol. The van der Waals surface area contributed by atoms with Gasteiger partial charge in [-0.15, -0.1) is 0 Å². The molecule has 0 aliphatic carbocycles. The van der Waals surface area contributed by atoms with Crippen molar-refractivity contribution in [2.75, 3.05) is 11.5 Å². The predicted octanol–water partition coefficient (Wildman–Crippen LogP) is 0.621. The summed E-state index contributed by atoms with van der Waals surface area (Å²) in [5, 5.41) is 2.85. The zero-order chi connectivity index (χ0) is 11.8. The van der Waals surface area contributed by atoms with Gasteiger partial charge < -0.3 is 5.73 Å². The van der Waals surface area contributed by atoms with Gasteiger partial charge in [0.25, 0.3) is 0 Å². The third-order valence-corrected chi connectivity index (χ3v) is 4.63. The molecule has 4 nitrogen and oxygen atoms in total. The average Bonchev–Trinajstić information content (AvgIpc) is 2.16. The van der Waals surface area contributed by atoms with Crippen LogP contribution in [0.5, 0.6) is 0 Å². The van der Waals surface area contributed by atoms with E-state index >= 15 is 0 Å². The molecule has 0 aromatic heterocycles. The van der Waals surface area contributed by atoms with Gasteiger partial charge in [0.05, 0.1) is 12.1 Å². The lowest BCUT2D eigenvalue weighted by Crippen LogP contribution is -2.31. The van der Waals surface area contributed by atoms with E-state index in [1.165, 1.54) is 17.7 Å². The van der Waals surface area contributed by atoms with Crippen molar-refractivity contribution in [1.29, 1.82) is 0 Å². The highest BCUT2D eigenvalue weighted by atomic mass is 33.1. The molecule has 7 heteroatoms. The van der Waals surface area contributed by atoms with Gasteiger partial charge in [0, 0.05) is 11.5 Å². The number of nitrogens with two attached hydrogens (primary N) is 1. The highest BCUT2D eigenvalue weighted by Gasteiger charge is 2.13. The van der Waals surface area contributed by atoms with Crippen molar-refractivity contribution in [2.24, 2.45) is 5.73 Å². The quantitative estimate of drug-likeness (QED) is 0.382. The number of carbonyl (C=O) groups excluding carboxylic acids is 2. The Balaban J connectivity index is 3.61. The number of carbonyl (C=O) groups is 2. The Morgan fingerprint density at radius 1 is 1.27 bits per heavy atom. The Morgan fingerprint density at radius 3 is 2.20 bits per heavy atom. The van der Waals surface area contributed by atoms with Crippen LogP contribution in [0.3, 0.4) is 0 Å². The molecule has 0 aliphatic rings. The van der Waals surface area contributed by atoms with E-state index < -0.39 is 6.04 Å². The molecule has 1 unspecified atom stereocenters. The fourth-order valence-electron chi connectivity index (χ4n) is 0.638. The van der Waals surface area contributed by atoms with Crippen LogP contribution in [0.2, 0.25) is 0 Å². The lowest BCUT2D eigenvalue weighted by atomic mass is 10.3. The van der Waals surface area contributed by atoms with E-state index in [0.717, 1.165) is 0 Å². The summed E-state index contributed by atoms with van der Waals surface area (Å²) >= 11 is 0. The Morgan fingerprint density at radius 2 is 1.80 bits per heavy atom. The summed E-state index contributed by atoms with van der Waals surface area (Å²) in [7, 11) is 5.40. The maximum absolute atomic E-state index is 11.0. The smallest absolute Gasteiger partial charge is 0.147 e. The lowest BCUT2D eigenvalue weighted by Gasteiger charge is -2.12. The van der Waals surface area contributed by atoms with Crippen molar-refractivity contribution in [3.05, 3.63) is 0 Å². The molecule has 0 spiro atoms. The van der Waals surface area contributed by atoms with Crippen LogP contribution >= 0.6 is 31.0 Å². The Bertz CT molecular complexity index is 229. The molecule has 0 fully saturated rings. The van der Waals surface area contributed by atoms with Crippen LogP contribution in [0.1, 0.15) is 13.8 Å². The first-order valence-electron chi connectivity index (χ1n) is 4.46. The van der Waals surface area contributed by atoms with Crippen LogP contribution in [-0.4, -0.2) is 35.2 Å². The largest absolute Gasteiger partial charge is 0.321 e. The zero-order valence-corrected chi connectivity index (χ0v) is 11.6. The molecule has 0 radical (unpaired) electrons. The zero-order valence-electron chi connectivity index (χ0n) is 8.86. The molecular weight excluding hydrogens is 251 g/mol. The van der Waals surface area contributed by atoms with E-state index in [-0.39, 0.29) is 17.6 Å². The summed E-state index contributed by atoms with van der Waals surface area (Å²) in [4.78, 5) is 21.9. The van der Waals surface area contributed by atoms with Gasteiger partial charge in [-0.05, 0) is 13.8 Å². The third kappa shape index (κ3) is 7.30. The average molecular weight is 268 g/mol. The molecule has 0 rings (SSSR count). The number of hydrogen-bond donors (Lipinski definition) is 2. The van der Waals surface area contributed by atoms with Crippen LogP contribution < -0.4 is 10.8 Å². The van der Waals surface area contributed by atoms with Gasteiger partial charge in [0.1, 0.15) is 11.6 Å². The molecule has 15 heavy (non-hydrogen) atoms. The van der Waals surface area contributed by atoms with Gasteiger partial charge in [-0.1, -0.05) is 31.0 Å². The van der Waals surface area contributed by atoms with E-state index in [2.05, 4.69) is 14.5 Å². The normalized spacial score (nSPS) is 14.7. The van der Waals surface area contributed by atoms with Gasteiger partial charge in [0.2, 0.25) is 0 Å². The van der Waals surface area contributed by atoms with Crippen molar-refractivity contribution in [2.45, 2.75) is 25.9 Å².